The number of pyridine rings is 1. The molecule has 2 rings (SSSR count). The van der Waals surface area contributed by atoms with E-state index in [1.807, 2.05) is 0 Å². The summed E-state index contributed by atoms with van der Waals surface area (Å²) in [5.41, 5.74) is 2.00. The molecule has 2 aromatic rings. The van der Waals surface area contributed by atoms with Crippen molar-refractivity contribution in [3.8, 4) is 16.9 Å². The van der Waals surface area contributed by atoms with E-state index in [1.54, 1.807) is 38.1 Å². The molecule has 0 atom stereocenters. The Morgan fingerprint density at radius 2 is 1.65 bits per heavy atom. The third kappa shape index (κ3) is 3.67. The van der Waals surface area contributed by atoms with Crippen LogP contribution in [0.25, 0.3) is 11.1 Å². The first-order valence-corrected chi connectivity index (χ1v) is 7.97. The Kier molecular flexibility index (Phi) is 6.30. The van der Waals surface area contributed by atoms with Gasteiger partial charge in [0, 0.05) is 11.1 Å². The second kappa shape index (κ2) is 8.44. The van der Waals surface area contributed by atoms with E-state index in [0.29, 0.717) is 28.3 Å². The second-order valence-corrected chi connectivity index (χ2v) is 5.46. The summed E-state index contributed by atoms with van der Waals surface area (Å²) in [4.78, 5) is 29.4. The van der Waals surface area contributed by atoms with Crippen molar-refractivity contribution in [3.05, 3.63) is 46.8 Å². The van der Waals surface area contributed by atoms with Crippen molar-refractivity contribution in [2.75, 3.05) is 27.4 Å². The maximum atomic E-state index is 12.6. The van der Waals surface area contributed by atoms with Crippen molar-refractivity contribution in [3.63, 3.8) is 0 Å². The summed E-state index contributed by atoms with van der Waals surface area (Å²) in [5.74, 6) is -0.818. The molecule has 0 fully saturated rings. The van der Waals surface area contributed by atoms with Crippen molar-refractivity contribution in [2.45, 2.75) is 13.8 Å². The topological polar surface area (TPSA) is 95.0 Å². The van der Waals surface area contributed by atoms with Gasteiger partial charge < -0.3 is 19.3 Å². The highest BCUT2D eigenvalue weighted by Crippen LogP contribution is 2.37. The van der Waals surface area contributed by atoms with Gasteiger partial charge in [-0.05, 0) is 19.9 Å². The fraction of sp³-hybridized carbons (Fsp3) is 0.316. The fourth-order valence-electron chi connectivity index (χ4n) is 2.78. The van der Waals surface area contributed by atoms with Crippen LogP contribution in [0, 0.1) is 13.8 Å². The summed E-state index contributed by atoms with van der Waals surface area (Å²) in [5, 5.41) is 8.94. The molecule has 0 spiro atoms. The summed E-state index contributed by atoms with van der Waals surface area (Å²) in [6, 6.07) is 7.02. The van der Waals surface area contributed by atoms with Gasteiger partial charge in [0.15, 0.2) is 0 Å². The van der Waals surface area contributed by atoms with E-state index >= 15 is 0 Å². The van der Waals surface area contributed by atoms with Gasteiger partial charge in [-0.2, -0.15) is 0 Å². The van der Waals surface area contributed by atoms with Crippen LogP contribution in [0.3, 0.4) is 0 Å². The van der Waals surface area contributed by atoms with E-state index in [1.165, 1.54) is 14.2 Å². The lowest BCUT2D eigenvalue weighted by Gasteiger charge is -2.19. The van der Waals surface area contributed by atoms with Crippen LogP contribution in [0.5, 0.6) is 5.75 Å². The van der Waals surface area contributed by atoms with Gasteiger partial charge in [-0.25, -0.2) is 9.59 Å². The fourth-order valence-corrected chi connectivity index (χ4v) is 2.78. The van der Waals surface area contributed by atoms with Crippen LogP contribution in [0.15, 0.2) is 24.3 Å². The zero-order valence-corrected chi connectivity index (χ0v) is 15.2. The lowest BCUT2D eigenvalue weighted by molar-refractivity contribution is 0.0433. The third-order valence-electron chi connectivity index (χ3n) is 3.85. The van der Waals surface area contributed by atoms with Crippen LogP contribution in [-0.2, 0) is 9.47 Å². The van der Waals surface area contributed by atoms with Crippen LogP contribution < -0.4 is 4.74 Å². The Hall–Kier alpha value is -2.93. The molecule has 1 aromatic heterocycles. The predicted octanol–water partition coefficient (Wildman–Crippen LogP) is 2.31. The molecule has 0 radical (unpaired) electrons. The lowest BCUT2D eigenvalue weighted by Crippen LogP contribution is -2.18. The average molecular weight is 359 g/mol. The van der Waals surface area contributed by atoms with E-state index in [4.69, 9.17) is 19.3 Å². The standard InChI is InChI=1S/C19H21NO6/c1-11-15(18(22)25-4)17(13-7-5-6-8-14(13)24-3)16(12(2)20-11)19(23)26-10-9-21/h5-8,21H,9-10H2,1-4H3. The Morgan fingerprint density at radius 3 is 2.23 bits per heavy atom. The van der Waals surface area contributed by atoms with E-state index < -0.39 is 11.9 Å². The molecule has 0 aliphatic carbocycles. The van der Waals surface area contributed by atoms with Gasteiger partial charge in [-0.15, -0.1) is 0 Å². The molecule has 0 amide bonds. The molecule has 0 unspecified atom stereocenters. The number of hydrogen-bond donors (Lipinski definition) is 1. The number of aliphatic hydroxyl groups is 1. The number of carbonyl (C=O) groups is 2. The molecular weight excluding hydrogens is 338 g/mol. The maximum Gasteiger partial charge on any atom is 0.340 e. The third-order valence-corrected chi connectivity index (χ3v) is 3.85. The first-order chi connectivity index (χ1) is 12.5. The molecule has 0 bridgehead atoms. The average Bonchev–Trinajstić information content (AvgIpc) is 2.64. The highest BCUT2D eigenvalue weighted by Gasteiger charge is 2.29. The largest absolute Gasteiger partial charge is 0.496 e. The van der Waals surface area contributed by atoms with Crippen LogP contribution in [0.4, 0.5) is 0 Å². The first kappa shape index (κ1) is 19.4. The Balaban J connectivity index is 2.87. The lowest BCUT2D eigenvalue weighted by atomic mass is 9.92. The molecule has 7 heteroatoms. The predicted molar refractivity (Wildman–Crippen MR) is 94.4 cm³/mol. The number of ether oxygens (including phenoxy) is 3. The summed E-state index contributed by atoms with van der Waals surface area (Å²) in [6.45, 7) is 2.85. The van der Waals surface area contributed by atoms with Crippen LogP contribution >= 0.6 is 0 Å². The molecule has 1 aromatic carbocycles. The number of methoxy groups -OCH3 is 2. The number of para-hydroxylation sites is 1. The summed E-state index contributed by atoms with van der Waals surface area (Å²) < 4.78 is 15.4. The molecule has 0 saturated heterocycles. The van der Waals surface area contributed by atoms with E-state index in [9.17, 15) is 9.59 Å². The van der Waals surface area contributed by atoms with Gasteiger partial charge in [0.1, 0.15) is 12.4 Å². The molecule has 1 heterocycles. The number of aliphatic hydroxyl groups excluding tert-OH is 1. The van der Waals surface area contributed by atoms with Gasteiger partial charge in [-0.3, -0.25) is 4.98 Å². The van der Waals surface area contributed by atoms with Gasteiger partial charge in [0.05, 0.1) is 43.3 Å². The van der Waals surface area contributed by atoms with Crippen LogP contribution in [-0.4, -0.2) is 49.5 Å². The van der Waals surface area contributed by atoms with Crippen molar-refractivity contribution >= 4 is 11.9 Å². The number of rotatable bonds is 6. The molecule has 138 valence electrons. The van der Waals surface area contributed by atoms with E-state index in [-0.39, 0.29) is 24.3 Å². The number of aryl methyl sites for hydroxylation is 2. The Morgan fingerprint density at radius 1 is 1.04 bits per heavy atom. The molecule has 0 aliphatic rings. The van der Waals surface area contributed by atoms with Crippen molar-refractivity contribution < 1.29 is 28.9 Å². The zero-order chi connectivity index (χ0) is 19.3. The zero-order valence-electron chi connectivity index (χ0n) is 15.2. The normalized spacial score (nSPS) is 10.3. The molecule has 26 heavy (non-hydrogen) atoms. The van der Waals surface area contributed by atoms with Gasteiger partial charge in [0.25, 0.3) is 0 Å². The van der Waals surface area contributed by atoms with Gasteiger partial charge in [0.2, 0.25) is 0 Å². The van der Waals surface area contributed by atoms with E-state index in [2.05, 4.69) is 4.98 Å². The number of aromatic nitrogens is 1. The van der Waals surface area contributed by atoms with Gasteiger partial charge >= 0.3 is 11.9 Å². The van der Waals surface area contributed by atoms with Crippen molar-refractivity contribution in [1.82, 2.24) is 4.98 Å². The highest BCUT2D eigenvalue weighted by molar-refractivity contribution is 6.07. The van der Waals surface area contributed by atoms with E-state index in [0.717, 1.165) is 0 Å². The summed E-state index contributed by atoms with van der Waals surface area (Å²) >= 11 is 0. The number of hydrogen-bond acceptors (Lipinski definition) is 7. The number of nitrogens with zero attached hydrogens (tertiary/aromatic N) is 1. The van der Waals surface area contributed by atoms with Crippen LogP contribution in [0.1, 0.15) is 32.1 Å². The van der Waals surface area contributed by atoms with Crippen molar-refractivity contribution in [2.24, 2.45) is 0 Å². The molecule has 7 nitrogen and oxygen atoms in total. The smallest absolute Gasteiger partial charge is 0.340 e. The maximum absolute atomic E-state index is 12.6. The quantitative estimate of drug-likeness (QED) is 0.791. The molecule has 1 N–H and O–H groups in total. The summed E-state index contributed by atoms with van der Waals surface area (Å²) in [6.07, 6.45) is 0. The first-order valence-electron chi connectivity index (χ1n) is 7.97. The number of benzene rings is 1. The molecule has 0 aliphatic heterocycles. The second-order valence-electron chi connectivity index (χ2n) is 5.46. The minimum atomic E-state index is -0.685. The minimum absolute atomic E-state index is 0.133. The Labute approximate surface area is 151 Å². The number of esters is 2. The minimum Gasteiger partial charge on any atom is -0.496 e. The van der Waals surface area contributed by atoms with Crippen LogP contribution in [0.2, 0.25) is 0 Å². The molecule has 0 saturated carbocycles. The SMILES string of the molecule is COC(=O)c1c(C)nc(C)c(C(=O)OCCO)c1-c1ccccc1OC. The summed E-state index contributed by atoms with van der Waals surface area (Å²) in [7, 11) is 2.76. The highest BCUT2D eigenvalue weighted by atomic mass is 16.5. The van der Waals surface area contributed by atoms with Crippen molar-refractivity contribution in [1.29, 1.82) is 0 Å². The number of carbonyl (C=O) groups excluding carboxylic acids is 2. The Bertz CT molecular complexity index is 831. The molecular formula is C19H21NO6. The monoisotopic (exact) mass is 359 g/mol. The van der Waals surface area contributed by atoms with Gasteiger partial charge in [-0.1, -0.05) is 18.2 Å².